The summed E-state index contributed by atoms with van der Waals surface area (Å²) < 4.78 is 0. The zero-order valence-corrected chi connectivity index (χ0v) is 14.2. The molecule has 2 aromatic rings. The fourth-order valence-corrected chi connectivity index (χ4v) is 3.59. The number of amides is 1. The van der Waals surface area contributed by atoms with Crippen LogP contribution in [0.4, 0.5) is 5.82 Å². The summed E-state index contributed by atoms with van der Waals surface area (Å²) >= 11 is 3.22. The maximum absolute atomic E-state index is 12.3. The molecule has 2 N–H and O–H groups in total. The number of aromatic nitrogens is 2. The van der Waals surface area contributed by atoms with Gasteiger partial charge in [-0.15, -0.1) is 11.3 Å². The molecule has 0 aliphatic rings. The Kier molecular flexibility index (Phi) is 5.81. The lowest BCUT2D eigenvalue weighted by Gasteiger charge is -2.05. The zero-order valence-electron chi connectivity index (χ0n) is 12.5. The van der Waals surface area contributed by atoms with Crippen molar-refractivity contribution >= 4 is 45.0 Å². The van der Waals surface area contributed by atoms with Crippen molar-refractivity contribution in [3.63, 3.8) is 0 Å². The first-order chi connectivity index (χ1) is 10.2. The average Bonchev–Trinajstić information content (AvgIpc) is 2.82. The van der Waals surface area contributed by atoms with Crippen LogP contribution in [0, 0.1) is 6.92 Å². The first-order valence-electron chi connectivity index (χ1n) is 6.94. The van der Waals surface area contributed by atoms with E-state index >= 15 is 0 Å². The summed E-state index contributed by atoms with van der Waals surface area (Å²) in [5.41, 5.74) is 0.953. The van der Waals surface area contributed by atoms with E-state index in [1.165, 1.54) is 17.7 Å². The number of rotatable bonds is 7. The van der Waals surface area contributed by atoms with Crippen molar-refractivity contribution < 1.29 is 4.79 Å². The van der Waals surface area contributed by atoms with Crippen molar-refractivity contribution in [3.05, 3.63) is 16.8 Å². The molecule has 1 amide bonds. The molecule has 5 nitrogen and oxygen atoms in total. The van der Waals surface area contributed by atoms with Crippen LogP contribution >= 0.6 is 23.1 Å². The van der Waals surface area contributed by atoms with E-state index in [1.54, 1.807) is 11.8 Å². The topological polar surface area (TPSA) is 66.9 Å². The standard InChI is InChI=1S/C14H20N4OS2/c1-4-15-12-10-9(2)11(21-14(10)18-8-17-12)13(19)16-6-5-7-20-3/h8H,4-7H2,1-3H3,(H,16,19)(H,15,17,18). The highest BCUT2D eigenvalue weighted by atomic mass is 32.2. The molecule has 114 valence electrons. The molecule has 0 spiro atoms. The third-order valence-electron chi connectivity index (χ3n) is 3.09. The van der Waals surface area contributed by atoms with Gasteiger partial charge in [-0.05, 0) is 37.8 Å². The van der Waals surface area contributed by atoms with Gasteiger partial charge in [-0.2, -0.15) is 11.8 Å². The molecule has 0 aliphatic heterocycles. The van der Waals surface area contributed by atoms with E-state index in [0.29, 0.717) is 6.54 Å². The number of nitrogens with zero attached hydrogens (tertiary/aromatic N) is 2. The van der Waals surface area contributed by atoms with Gasteiger partial charge in [-0.1, -0.05) is 0 Å². The molecule has 7 heteroatoms. The number of nitrogens with one attached hydrogen (secondary N) is 2. The summed E-state index contributed by atoms with van der Waals surface area (Å²) in [6.07, 6.45) is 4.59. The number of thioether (sulfide) groups is 1. The van der Waals surface area contributed by atoms with E-state index in [4.69, 9.17) is 0 Å². The number of hydrogen-bond acceptors (Lipinski definition) is 6. The molecule has 0 bridgehead atoms. The molecule has 0 saturated carbocycles. The number of anilines is 1. The summed E-state index contributed by atoms with van der Waals surface area (Å²) in [6.45, 7) is 5.48. The summed E-state index contributed by atoms with van der Waals surface area (Å²) in [5, 5.41) is 7.16. The molecule has 2 rings (SSSR count). The van der Waals surface area contributed by atoms with Gasteiger partial charge in [0.15, 0.2) is 0 Å². The molecule has 0 aliphatic carbocycles. The normalized spacial score (nSPS) is 10.8. The van der Waals surface area contributed by atoms with Crippen molar-refractivity contribution in [1.29, 1.82) is 0 Å². The van der Waals surface area contributed by atoms with E-state index in [0.717, 1.165) is 45.2 Å². The Labute approximate surface area is 132 Å². The van der Waals surface area contributed by atoms with Gasteiger partial charge in [0.1, 0.15) is 17.0 Å². The second-order valence-electron chi connectivity index (χ2n) is 4.59. The minimum atomic E-state index is -0.0148. The second-order valence-corrected chi connectivity index (χ2v) is 6.58. The van der Waals surface area contributed by atoms with Crippen molar-refractivity contribution in [3.8, 4) is 0 Å². The highest BCUT2D eigenvalue weighted by Gasteiger charge is 2.18. The molecule has 0 radical (unpaired) electrons. The molecule has 0 saturated heterocycles. The lowest BCUT2D eigenvalue weighted by Crippen LogP contribution is -2.24. The smallest absolute Gasteiger partial charge is 0.261 e. The molecule has 21 heavy (non-hydrogen) atoms. The third kappa shape index (κ3) is 3.65. The molecule has 2 heterocycles. The van der Waals surface area contributed by atoms with Gasteiger partial charge in [0.25, 0.3) is 5.91 Å². The predicted molar refractivity (Wildman–Crippen MR) is 91.6 cm³/mol. The first kappa shape index (κ1) is 16.0. The van der Waals surface area contributed by atoms with Crippen LogP contribution in [0.2, 0.25) is 0 Å². The molecule has 0 atom stereocenters. The van der Waals surface area contributed by atoms with Gasteiger partial charge >= 0.3 is 0 Å². The molecular weight excluding hydrogens is 304 g/mol. The summed E-state index contributed by atoms with van der Waals surface area (Å²) in [4.78, 5) is 22.4. The van der Waals surface area contributed by atoms with E-state index in [2.05, 4.69) is 26.9 Å². The van der Waals surface area contributed by atoms with Crippen molar-refractivity contribution in [2.24, 2.45) is 0 Å². The van der Waals surface area contributed by atoms with Crippen molar-refractivity contribution in [1.82, 2.24) is 15.3 Å². The van der Waals surface area contributed by atoms with Crippen LogP contribution in [0.5, 0.6) is 0 Å². The Morgan fingerprint density at radius 3 is 2.95 bits per heavy atom. The van der Waals surface area contributed by atoms with Crippen LogP contribution < -0.4 is 10.6 Å². The number of aryl methyl sites for hydroxylation is 1. The summed E-state index contributed by atoms with van der Waals surface area (Å²) in [6, 6.07) is 0. The molecule has 0 fully saturated rings. The minimum absolute atomic E-state index is 0.0148. The molecule has 0 unspecified atom stereocenters. The van der Waals surface area contributed by atoms with Gasteiger partial charge in [-0.3, -0.25) is 4.79 Å². The molecular formula is C14H20N4OS2. The Balaban J connectivity index is 2.22. The van der Waals surface area contributed by atoms with E-state index in [-0.39, 0.29) is 5.91 Å². The van der Waals surface area contributed by atoms with Gasteiger partial charge in [0.05, 0.1) is 10.3 Å². The Bertz CT molecular complexity index is 627. The van der Waals surface area contributed by atoms with E-state index < -0.39 is 0 Å². The highest BCUT2D eigenvalue weighted by molar-refractivity contribution is 7.98. The Morgan fingerprint density at radius 2 is 2.24 bits per heavy atom. The fourth-order valence-electron chi connectivity index (χ4n) is 2.09. The zero-order chi connectivity index (χ0) is 15.2. The largest absolute Gasteiger partial charge is 0.370 e. The van der Waals surface area contributed by atoms with Crippen LogP contribution in [0.1, 0.15) is 28.6 Å². The van der Waals surface area contributed by atoms with Gasteiger partial charge in [0.2, 0.25) is 0 Å². The third-order valence-corrected chi connectivity index (χ3v) is 4.98. The SMILES string of the molecule is CCNc1ncnc2sc(C(=O)NCCCSC)c(C)c12. The lowest BCUT2D eigenvalue weighted by atomic mass is 10.2. The predicted octanol–water partition coefficient (Wildman–Crippen LogP) is 2.91. The van der Waals surface area contributed by atoms with Gasteiger partial charge in [0, 0.05) is 13.1 Å². The quantitative estimate of drug-likeness (QED) is 0.767. The average molecular weight is 324 g/mol. The van der Waals surface area contributed by atoms with Crippen LogP contribution in [-0.4, -0.2) is 41.0 Å². The van der Waals surface area contributed by atoms with Crippen LogP contribution in [0.15, 0.2) is 6.33 Å². The van der Waals surface area contributed by atoms with Gasteiger partial charge < -0.3 is 10.6 Å². The number of hydrogen-bond donors (Lipinski definition) is 2. The molecule has 2 aromatic heterocycles. The number of carbonyl (C=O) groups excluding carboxylic acids is 1. The van der Waals surface area contributed by atoms with Crippen LogP contribution in [0.25, 0.3) is 10.2 Å². The first-order valence-corrected chi connectivity index (χ1v) is 9.15. The summed E-state index contributed by atoms with van der Waals surface area (Å²) in [5.74, 6) is 1.85. The lowest BCUT2D eigenvalue weighted by molar-refractivity contribution is 0.0957. The fraction of sp³-hybridized carbons (Fsp3) is 0.500. The van der Waals surface area contributed by atoms with E-state index in [9.17, 15) is 4.79 Å². The highest BCUT2D eigenvalue weighted by Crippen LogP contribution is 2.33. The minimum Gasteiger partial charge on any atom is -0.370 e. The number of carbonyl (C=O) groups is 1. The maximum atomic E-state index is 12.3. The number of thiophene rings is 1. The Hall–Kier alpha value is -1.34. The summed E-state index contributed by atoms with van der Waals surface area (Å²) in [7, 11) is 0. The Morgan fingerprint density at radius 1 is 1.43 bits per heavy atom. The van der Waals surface area contributed by atoms with Crippen LogP contribution in [0.3, 0.4) is 0 Å². The maximum Gasteiger partial charge on any atom is 0.261 e. The van der Waals surface area contributed by atoms with Crippen LogP contribution in [-0.2, 0) is 0 Å². The number of fused-ring (bicyclic) bond motifs is 1. The van der Waals surface area contributed by atoms with Crippen molar-refractivity contribution in [2.45, 2.75) is 20.3 Å². The second kappa shape index (κ2) is 7.61. The van der Waals surface area contributed by atoms with E-state index in [1.807, 2.05) is 13.8 Å². The van der Waals surface area contributed by atoms with Gasteiger partial charge in [-0.25, -0.2) is 9.97 Å². The monoisotopic (exact) mass is 324 g/mol. The molecule has 0 aromatic carbocycles. The van der Waals surface area contributed by atoms with Crippen molar-refractivity contribution in [2.75, 3.05) is 30.4 Å².